The van der Waals surface area contributed by atoms with Gasteiger partial charge in [0.25, 0.3) is 0 Å². The van der Waals surface area contributed by atoms with Gasteiger partial charge < -0.3 is 5.32 Å². The van der Waals surface area contributed by atoms with Crippen molar-refractivity contribution in [2.24, 2.45) is 0 Å². The van der Waals surface area contributed by atoms with Crippen LogP contribution in [0.15, 0.2) is 42.5 Å². The number of hydrogen-bond donors (Lipinski definition) is 1. The summed E-state index contributed by atoms with van der Waals surface area (Å²) in [6.45, 7) is 6.28. The summed E-state index contributed by atoms with van der Waals surface area (Å²) in [5.41, 5.74) is 3.93. The summed E-state index contributed by atoms with van der Waals surface area (Å²) in [7, 11) is 0. The molecule has 0 saturated carbocycles. The Labute approximate surface area is 154 Å². The van der Waals surface area contributed by atoms with Gasteiger partial charge in [-0.1, -0.05) is 59.1 Å². The molecule has 24 heavy (non-hydrogen) atoms. The number of nitrogens with one attached hydrogen (secondary N) is 1. The summed E-state index contributed by atoms with van der Waals surface area (Å²) < 4.78 is 0. The average Bonchev–Trinajstić information content (AvgIpc) is 2.58. The number of halogens is 2. The molecule has 0 spiro atoms. The molecule has 0 amide bonds. The van der Waals surface area contributed by atoms with Crippen molar-refractivity contribution in [3.8, 4) is 0 Å². The lowest BCUT2D eigenvalue weighted by Gasteiger charge is -2.32. The van der Waals surface area contributed by atoms with Crippen molar-refractivity contribution < 1.29 is 0 Å². The lowest BCUT2D eigenvalue weighted by atomic mass is 10.0. The van der Waals surface area contributed by atoms with E-state index in [1.165, 1.54) is 29.5 Å². The normalized spacial score (nSPS) is 16.5. The molecule has 4 heteroatoms. The van der Waals surface area contributed by atoms with Crippen molar-refractivity contribution >= 4 is 23.2 Å². The molecule has 2 aromatic rings. The van der Waals surface area contributed by atoms with Crippen LogP contribution < -0.4 is 5.32 Å². The summed E-state index contributed by atoms with van der Waals surface area (Å²) in [5, 5.41) is 4.97. The van der Waals surface area contributed by atoms with Gasteiger partial charge in [-0.3, -0.25) is 4.90 Å². The molecule has 0 radical (unpaired) electrons. The molecule has 1 aliphatic heterocycles. The van der Waals surface area contributed by atoms with Crippen molar-refractivity contribution in [3.05, 3.63) is 69.2 Å². The van der Waals surface area contributed by atoms with Gasteiger partial charge in [-0.05, 0) is 56.1 Å². The third-order valence-electron chi connectivity index (χ3n) is 4.66. The lowest BCUT2D eigenvalue weighted by molar-refractivity contribution is 0.190. The highest BCUT2D eigenvalue weighted by atomic mass is 35.5. The van der Waals surface area contributed by atoms with Gasteiger partial charge in [0.15, 0.2) is 0 Å². The Morgan fingerprint density at radius 3 is 2.50 bits per heavy atom. The van der Waals surface area contributed by atoms with Gasteiger partial charge in [0.1, 0.15) is 0 Å². The molecule has 0 atom stereocenters. The van der Waals surface area contributed by atoms with Crippen LogP contribution in [0.1, 0.15) is 29.5 Å². The fourth-order valence-corrected chi connectivity index (χ4v) is 3.60. The number of benzene rings is 2. The Bertz CT molecular complexity index is 679. The second-order valence-electron chi connectivity index (χ2n) is 6.67. The highest BCUT2D eigenvalue weighted by Gasteiger charge is 2.19. The predicted octanol–water partition coefficient (Wildman–Crippen LogP) is 5.06. The Hall–Kier alpha value is -1.06. The van der Waals surface area contributed by atoms with Crippen molar-refractivity contribution in [1.29, 1.82) is 0 Å². The second kappa shape index (κ2) is 8.35. The minimum absolute atomic E-state index is 0.607. The molecule has 128 valence electrons. The van der Waals surface area contributed by atoms with E-state index >= 15 is 0 Å². The molecule has 0 aliphatic carbocycles. The number of aryl methyl sites for hydroxylation is 1. The zero-order chi connectivity index (χ0) is 16.9. The molecule has 1 heterocycles. The molecule has 2 aromatic carbocycles. The number of likely N-dealkylation sites (tertiary alicyclic amines) is 1. The second-order valence-corrected chi connectivity index (χ2v) is 7.48. The van der Waals surface area contributed by atoms with Gasteiger partial charge in [0.2, 0.25) is 0 Å². The first kappa shape index (κ1) is 17.8. The molecule has 0 unspecified atom stereocenters. The van der Waals surface area contributed by atoms with Crippen LogP contribution >= 0.6 is 23.2 Å². The van der Waals surface area contributed by atoms with Crippen LogP contribution in [0.5, 0.6) is 0 Å². The Morgan fingerprint density at radius 1 is 1.00 bits per heavy atom. The Kier molecular flexibility index (Phi) is 6.18. The molecule has 1 N–H and O–H groups in total. The van der Waals surface area contributed by atoms with Crippen LogP contribution in [0.4, 0.5) is 0 Å². The highest BCUT2D eigenvalue weighted by molar-refractivity contribution is 6.42. The van der Waals surface area contributed by atoms with E-state index in [-0.39, 0.29) is 0 Å². The van der Waals surface area contributed by atoms with Crippen LogP contribution in [-0.4, -0.2) is 24.0 Å². The maximum absolute atomic E-state index is 6.10. The van der Waals surface area contributed by atoms with E-state index < -0.39 is 0 Å². The molecule has 1 saturated heterocycles. The van der Waals surface area contributed by atoms with Crippen molar-refractivity contribution in [2.45, 2.75) is 38.9 Å². The molecule has 3 rings (SSSR count). The first-order chi connectivity index (χ1) is 11.6. The topological polar surface area (TPSA) is 15.3 Å². The largest absolute Gasteiger partial charge is 0.310 e. The third kappa shape index (κ3) is 4.97. The zero-order valence-corrected chi connectivity index (χ0v) is 15.6. The van der Waals surface area contributed by atoms with E-state index in [4.69, 9.17) is 23.2 Å². The van der Waals surface area contributed by atoms with Crippen LogP contribution in [0.3, 0.4) is 0 Å². The SMILES string of the molecule is Cc1cccc(CNC2CCN(Cc3ccc(Cl)c(Cl)c3)CC2)c1. The van der Waals surface area contributed by atoms with E-state index in [1.807, 2.05) is 12.1 Å². The predicted molar refractivity (Wildman–Crippen MR) is 103 cm³/mol. The quantitative estimate of drug-likeness (QED) is 0.799. The Morgan fingerprint density at radius 2 is 1.79 bits per heavy atom. The van der Waals surface area contributed by atoms with E-state index in [9.17, 15) is 0 Å². The molecular formula is C20H24Cl2N2. The van der Waals surface area contributed by atoms with E-state index in [2.05, 4.69) is 47.5 Å². The van der Waals surface area contributed by atoms with Crippen molar-refractivity contribution in [2.75, 3.05) is 13.1 Å². The monoisotopic (exact) mass is 362 g/mol. The fraction of sp³-hybridized carbons (Fsp3) is 0.400. The smallest absolute Gasteiger partial charge is 0.0595 e. The molecular weight excluding hydrogens is 339 g/mol. The number of hydrogen-bond acceptors (Lipinski definition) is 2. The Balaban J connectivity index is 1.44. The summed E-state index contributed by atoms with van der Waals surface area (Å²) in [6, 6.07) is 15.3. The molecule has 2 nitrogen and oxygen atoms in total. The first-order valence-electron chi connectivity index (χ1n) is 8.55. The highest BCUT2D eigenvalue weighted by Crippen LogP contribution is 2.24. The van der Waals surface area contributed by atoms with Crippen molar-refractivity contribution in [1.82, 2.24) is 10.2 Å². The van der Waals surface area contributed by atoms with Crippen LogP contribution in [0, 0.1) is 6.92 Å². The first-order valence-corrected chi connectivity index (χ1v) is 9.31. The molecule has 1 fully saturated rings. The van der Waals surface area contributed by atoms with Gasteiger partial charge in [-0.25, -0.2) is 0 Å². The van der Waals surface area contributed by atoms with E-state index in [0.29, 0.717) is 16.1 Å². The number of rotatable bonds is 5. The van der Waals surface area contributed by atoms with Gasteiger partial charge in [0.05, 0.1) is 10.0 Å². The van der Waals surface area contributed by atoms with Gasteiger partial charge >= 0.3 is 0 Å². The molecule has 1 aliphatic rings. The number of nitrogens with zero attached hydrogens (tertiary/aromatic N) is 1. The van der Waals surface area contributed by atoms with Crippen molar-refractivity contribution in [3.63, 3.8) is 0 Å². The van der Waals surface area contributed by atoms with E-state index in [1.54, 1.807) is 0 Å². The van der Waals surface area contributed by atoms with Crippen LogP contribution in [0.25, 0.3) is 0 Å². The third-order valence-corrected chi connectivity index (χ3v) is 5.39. The minimum Gasteiger partial charge on any atom is -0.310 e. The lowest BCUT2D eigenvalue weighted by Crippen LogP contribution is -2.41. The summed E-state index contributed by atoms with van der Waals surface area (Å²) in [5.74, 6) is 0. The number of piperidine rings is 1. The average molecular weight is 363 g/mol. The summed E-state index contributed by atoms with van der Waals surface area (Å²) in [4.78, 5) is 2.49. The standard InChI is InChI=1S/C20H24Cl2N2/c1-15-3-2-4-16(11-15)13-23-18-7-9-24(10-8-18)14-17-5-6-19(21)20(22)12-17/h2-6,11-12,18,23H,7-10,13-14H2,1H3. The van der Waals surface area contributed by atoms with Gasteiger partial charge in [-0.15, -0.1) is 0 Å². The zero-order valence-electron chi connectivity index (χ0n) is 14.1. The summed E-state index contributed by atoms with van der Waals surface area (Å²) in [6.07, 6.45) is 2.38. The molecule has 0 bridgehead atoms. The van der Waals surface area contributed by atoms with E-state index in [0.717, 1.165) is 26.2 Å². The fourth-order valence-electron chi connectivity index (χ4n) is 3.28. The maximum atomic E-state index is 6.10. The van der Waals surface area contributed by atoms with Crippen LogP contribution in [-0.2, 0) is 13.1 Å². The van der Waals surface area contributed by atoms with Crippen LogP contribution in [0.2, 0.25) is 10.0 Å². The minimum atomic E-state index is 0.607. The van der Waals surface area contributed by atoms with Gasteiger partial charge in [0, 0.05) is 19.1 Å². The van der Waals surface area contributed by atoms with Gasteiger partial charge in [-0.2, -0.15) is 0 Å². The summed E-state index contributed by atoms with van der Waals surface area (Å²) >= 11 is 12.1. The molecule has 0 aromatic heterocycles. The maximum Gasteiger partial charge on any atom is 0.0595 e.